The van der Waals surface area contributed by atoms with Gasteiger partial charge in [0.25, 0.3) is 0 Å². The van der Waals surface area contributed by atoms with E-state index < -0.39 is 5.97 Å². The topological polar surface area (TPSA) is 79.9 Å². The van der Waals surface area contributed by atoms with Crippen LogP contribution in [0, 0.1) is 6.92 Å². The molecule has 26 heavy (non-hydrogen) atoms. The molecule has 0 saturated carbocycles. The molecule has 1 aromatic carbocycles. The number of H-pyrrole nitrogens is 1. The van der Waals surface area contributed by atoms with Gasteiger partial charge in [0, 0.05) is 62.8 Å². The zero-order valence-corrected chi connectivity index (χ0v) is 15.2. The van der Waals surface area contributed by atoms with Gasteiger partial charge in [-0.25, -0.2) is 4.79 Å². The van der Waals surface area contributed by atoms with Gasteiger partial charge in [0.2, 0.25) is 5.91 Å². The van der Waals surface area contributed by atoms with Crippen molar-refractivity contribution in [3.63, 3.8) is 0 Å². The van der Waals surface area contributed by atoms with Crippen molar-refractivity contribution in [3.8, 4) is 0 Å². The van der Waals surface area contributed by atoms with Gasteiger partial charge >= 0.3 is 5.97 Å². The third-order valence-corrected chi connectivity index (χ3v) is 5.62. The first kappa shape index (κ1) is 17.1. The van der Waals surface area contributed by atoms with Crippen LogP contribution >= 0.6 is 0 Å². The molecule has 1 aromatic heterocycles. The van der Waals surface area contributed by atoms with Crippen LogP contribution in [0.3, 0.4) is 0 Å². The molecule has 1 atom stereocenters. The first-order chi connectivity index (χ1) is 12.4. The lowest BCUT2D eigenvalue weighted by Crippen LogP contribution is -2.63. The van der Waals surface area contributed by atoms with Gasteiger partial charge in [-0.1, -0.05) is 11.6 Å². The van der Waals surface area contributed by atoms with Crippen LogP contribution in [0.4, 0.5) is 0 Å². The van der Waals surface area contributed by atoms with Crippen LogP contribution < -0.4 is 0 Å². The Hall–Kier alpha value is -2.38. The number of piperazine rings is 2. The van der Waals surface area contributed by atoms with Crippen LogP contribution in [-0.4, -0.2) is 82.5 Å². The Labute approximate surface area is 152 Å². The number of carbonyl (C=O) groups is 2. The number of benzene rings is 1. The highest BCUT2D eigenvalue weighted by molar-refractivity contribution is 5.97. The number of carbonyl (C=O) groups excluding carboxylic acids is 1. The summed E-state index contributed by atoms with van der Waals surface area (Å²) < 4.78 is 0. The Kier molecular flexibility index (Phi) is 4.20. The fourth-order valence-electron chi connectivity index (χ4n) is 4.10. The highest BCUT2D eigenvalue weighted by Gasteiger charge is 2.37. The van der Waals surface area contributed by atoms with E-state index in [0.29, 0.717) is 13.1 Å². The number of nitrogens with one attached hydrogen (secondary N) is 1. The number of fused-ring (bicyclic) bond motifs is 2. The minimum Gasteiger partial charge on any atom is -0.477 e. The van der Waals surface area contributed by atoms with Gasteiger partial charge in [0.15, 0.2) is 0 Å². The molecule has 0 radical (unpaired) electrons. The summed E-state index contributed by atoms with van der Waals surface area (Å²) in [4.78, 5) is 33.5. The van der Waals surface area contributed by atoms with Crippen LogP contribution in [0.1, 0.15) is 21.6 Å². The van der Waals surface area contributed by atoms with Crippen LogP contribution in [0.25, 0.3) is 10.9 Å². The van der Waals surface area contributed by atoms with Crippen LogP contribution in [0.2, 0.25) is 0 Å². The Morgan fingerprint density at radius 3 is 2.81 bits per heavy atom. The van der Waals surface area contributed by atoms with Crippen LogP contribution in [0.15, 0.2) is 18.2 Å². The number of nitrogens with zero attached hydrogens (tertiary/aromatic N) is 3. The van der Waals surface area contributed by atoms with Gasteiger partial charge in [-0.2, -0.15) is 0 Å². The van der Waals surface area contributed by atoms with Gasteiger partial charge in [-0.3, -0.25) is 14.6 Å². The minimum absolute atomic E-state index is 0.122. The summed E-state index contributed by atoms with van der Waals surface area (Å²) in [6.45, 7) is 6.55. The molecular weight excluding hydrogens is 332 g/mol. The molecule has 1 amide bonds. The lowest BCUT2D eigenvalue weighted by atomic mass is 10.0. The van der Waals surface area contributed by atoms with Crippen molar-refractivity contribution in [1.29, 1.82) is 0 Å². The molecule has 4 rings (SSSR count). The molecule has 0 bridgehead atoms. The molecule has 0 aliphatic carbocycles. The maximum Gasteiger partial charge on any atom is 0.352 e. The average Bonchev–Trinajstić information content (AvgIpc) is 2.97. The monoisotopic (exact) mass is 356 g/mol. The number of aromatic nitrogens is 1. The molecular formula is C19H24N4O3. The van der Waals surface area contributed by atoms with Gasteiger partial charge in [-0.15, -0.1) is 0 Å². The quantitative estimate of drug-likeness (QED) is 0.862. The number of aromatic carboxylic acids is 1. The smallest absolute Gasteiger partial charge is 0.352 e. The third-order valence-electron chi connectivity index (χ3n) is 5.62. The molecule has 2 saturated heterocycles. The van der Waals surface area contributed by atoms with Crippen molar-refractivity contribution in [1.82, 2.24) is 19.7 Å². The normalized spacial score (nSPS) is 22.0. The Bertz CT molecular complexity index is 875. The SMILES string of the molecule is Cc1ccc2[nH]c(C(=O)O)c(CN3CCN4CCN(C)C(=O)[C@@H]4C3)c2c1. The number of hydrogen-bond donors (Lipinski definition) is 2. The molecule has 138 valence electrons. The average molecular weight is 356 g/mol. The molecule has 0 spiro atoms. The van der Waals surface area contributed by atoms with Crippen LogP contribution in [-0.2, 0) is 11.3 Å². The Morgan fingerprint density at radius 2 is 2.04 bits per heavy atom. The minimum atomic E-state index is -0.944. The molecule has 2 aliphatic heterocycles. The number of likely N-dealkylation sites (N-methyl/N-ethyl adjacent to an activating group) is 1. The maximum absolute atomic E-state index is 12.5. The predicted octanol–water partition coefficient (Wildman–Crippen LogP) is 1.13. The van der Waals surface area contributed by atoms with Crippen molar-refractivity contribution in [2.45, 2.75) is 19.5 Å². The number of aryl methyl sites for hydroxylation is 1. The number of carboxylic acids is 1. The summed E-state index contributed by atoms with van der Waals surface area (Å²) in [6.07, 6.45) is 0. The fourth-order valence-corrected chi connectivity index (χ4v) is 4.10. The lowest BCUT2D eigenvalue weighted by molar-refractivity contribution is -0.143. The Morgan fingerprint density at radius 1 is 1.27 bits per heavy atom. The van der Waals surface area contributed by atoms with Crippen molar-refractivity contribution in [2.24, 2.45) is 0 Å². The highest BCUT2D eigenvalue weighted by atomic mass is 16.4. The first-order valence-corrected chi connectivity index (χ1v) is 9.00. The summed E-state index contributed by atoms with van der Waals surface area (Å²) in [5.74, 6) is -0.782. The summed E-state index contributed by atoms with van der Waals surface area (Å²) >= 11 is 0. The first-order valence-electron chi connectivity index (χ1n) is 9.00. The van der Waals surface area contributed by atoms with Gasteiger partial charge < -0.3 is 15.0 Å². The molecule has 7 nitrogen and oxygen atoms in total. The molecule has 2 fully saturated rings. The van der Waals surface area contributed by atoms with E-state index in [1.807, 2.05) is 32.2 Å². The summed E-state index contributed by atoms with van der Waals surface area (Å²) in [6, 6.07) is 5.81. The van der Waals surface area contributed by atoms with E-state index in [1.54, 1.807) is 4.90 Å². The van der Waals surface area contributed by atoms with Crippen LogP contribution in [0.5, 0.6) is 0 Å². The number of rotatable bonds is 3. The van der Waals surface area contributed by atoms with Crippen molar-refractivity contribution >= 4 is 22.8 Å². The van der Waals surface area contributed by atoms with E-state index in [4.69, 9.17) is 0 Å². The number of aromatic amines is 1. The number of hydrogen-bond acceptors (Lipinski definition) is 4. The Balaban J connectivity index is 1.63. The lowest BCUT2D eigenvalue weighted by Gasteiger charge is -2.45. The van der Waals surface area contributed by atoms with E-state index in [9.17, 15) is 14.7 Å². The van der Waals surface area contributed by atoms with E-state index in [-0.39, 0.29) is 17.6 Å². The van der Waals surface area contributed by atoms with Gasteiger partial charge in [0.05, 0.1) is 0 Å². The largest absolute Gasteiger partial charge is 0.477 e. The molecule has 3 heterocycles. The standard InChI is InChI=1S/C19H24N4O3/c1-12-3-4-15-13(9-12)14(17(20-15)19(25)26)10-22-6-8-23-7-5-21(2)18(24)16(23)11-22/h3-4,9,16,20H,5-8,10-11H2,1-2H3,(H,25,26)/t16-/m0/s1. The highest BCUT2D eigenvalue weighted by Crippen LogP contribution is 2.27. The van der Waals surface area contributed by atoms with Crippen molar-refractivity contribution in [3.05, 3.63) is 35.0 Å². The second-order valence-corrected chi connectivity index (χ2v) is 7.38. The van der Waals surface area contributed by atoms with E-state index in [2.05, 4.69) is 14.8 Å². The zero-order chi connectivity index (χ0) is 18.4. The van der Waals surface area contributed by atoms with E-state index in [0.717, 1.165) is 48.2 Å². The van der Waals surface area contributed by atoms with Gasteiger partial charge in [0.1, 0.15) is 11.7 Å². The van der Waals surface area contributed by atoms with E-state index in [1.165, 1.54) is 0 Å². The van der Waals surface area contributed by atoms with Gasteiger partial charge in [-0.05, 0) is 19.1 Å². The molecule has 0 unspecified atom stereocenters. The molecule has 2 aliphatic rings. The molecule has 2 aromatic rings. The number of amides is 1. The second-order valence-electron chi connectivity index (χ2n) is 7.38. The summed E-state index contributed by atoms with van der Waals surface area (Å²) in [7, 11) is 1.85. The number of carboxylic acid groups (broad SMARTS) is 1. The van der Waals surface area contributed by atoms with Crippen molar-refractivity contribution in [2.75, 3.05) is 39.8 Å². The van der Waals surface area contributed by atoms with E-state index >= 15 is 0 Å². The molecule has 7 heteroatoms. The fraction of sp³-hybridized carbons (Fsp3) is 0.474. The summed E-state index contributed by atoms with van der Waals surface area (Å²) in [5.41, 5.74) is 3.00. The summed E-state index contributed by atoms with van der Waals surface area (Å²) in [5, 5.41) is 10.6. The third kappa shape index (κ3) is 2.87. The predicted molar refractivity (Wildman–Crippen MR) is 98.3 cm³/mol. The zero-order valence-electron chi connectivity index (χ0n) is 15.2. The molecule has 2 N–H and O–H groups in total. The maximum atomic E-state index is 12.5. The second kappa shape index (κ2) is 6.41. The van der Waals surface area contributed by atoms with Crippen molar-refractivity contribution < 1.29 is 14.7 Å².